The van der Waals surface area contributed by atoms with Crippen molar-refractivity contribution in [2.24, 2.45) is 5.92 Å². The first-order valence-corrected chi connectivity index (χ1v) is 4.88. The lowest BCUT2D eigenvalue weighted by molar-refractivity contribution is 0.320. The molecule has 0 unspecified atom stereocenters. The molecule has 0 bridgehead atoms. The largest absolute Gasteiger partial charge is 0.392 e. The Labute approximate surface area is 76.6 Å². The summed E-state index contributed by atoms with van der Waals surface area (Å²) in [5, 5.41) is 11.0. The lowest BCUT2D eigenvalue weighted by atomic mass is 10.0. The molecule has 1 heterocycles. The molecule has 2 nitrogen and oxygen atoms in total. The van der Waals surface area contributed by atoms with Crippen molar-refractivity contribution in [2.45, 2.75) is 13.8 Å². The van der Waals surface area contributed by atoms with Crippen LogP contribution in [-0.4, -0.2) is 16.7 Å². The Morgan fingerprint density at radius 3 is 2.92 bits per heavy atom. The van der Waals surface area contributed by atoms with Gasteiger partial charge < -0.3 is 5.11 Å². The fourth-order valence-electron chi connectivity index (χ4n) is 0.878. The minimum absolute atomic E-state index is 0.120. The first-order valence-electron chi connectivity index (χ1n) is 3.93. The molecule has 0 radical (unpaired) electrons. The summed E-state index contributed by atoms with van der Waals surface area (Å²) in [4.78, 5) is 4.12. The number of hydrogen-bond acceptors (Lipinski definition) is 3. The van der Waals surface area contributed by atoms with Crippen LogP contribution in [-0.2, 0) is 0 Å². The third-order valence-electron chi connectivity index (χ3n) is 1.71. The number of aromatic nitrogens is 1. The van der Waals surface area contributed by atoms with Crippen LogP contribution in [0.25, 0.3) is 6.08 Å². The number of thiazole rings is 1. The highest BCUT2D eigenvalue weighted by atomic mass is 32.1. The van der Waals surface area contributed by atoms with Crippen molar-refractivity contribution in [3.8, 4) is 0 Å². The van der Waals surface area contributed by atoms with E-state index >= 15 is 0 Å². The Morgan fingerprint density at radius 2 is 2.50 bits per heavy atom. The van der Waals surface area contributed by atoms with Gasteiger partial charge in [-0.3, -0.25) is 0 Å². The minimum atomic E-state index is 0.120. The topological polar surface area (TPSA) is 33.1 Å². The van der Waals surface area contributed by atoms with Gasteiger partial charge in [-0.05, 0) is 17.6 Å². The summed E-state index contributed by atoms with van der Waals surface area (Å²) >= 11 is 1.57. The molecule has 1 aromatic heterocycles. The molecule has 0 saturated carbocycles. The van der Waals surface area contributed by atoms with Crippen molar-refractivity contribution in [3.05, 3.63) is 22.2 Å². The average molecular weight is 183 g/mol. The van der Waals surface area contributed by atoms with Crippen LogP contribution in [0.2, 0.25) is 0 Å². The van der Waals surface area contributed by atoms with Crippen LogP contribution in [0.3, 0.4) is 0 Å². The molecular formula is C9H13NOS. The van der Waals surface area contributed by atoms with Crippen molar-refractivity contribution in [3.63, 3.8) is 0 Å². The summed E-state index contributed by atoms with van der Waals surface area (Å²) < 4.78 is 0. The third-order valence-corrected chi connectivity index (χ3v) is 2.31. The lowest BCUT2D eigenvalue weighted by Crippen LogP contribution is -1.98. The molecule has 3 heteroatoms. The number of hydrogen-bond donors (Lipinski definition) is 1. The monoisotopic (exact) mass is 183 g/mol. The molecule has 0 aliphatic carbocycles. The maximum Gasteiger partial charge on any atom is 0.0798 e. The smallest absolute Gasteiger partial charge is 0.0798 e. The van der Waals surface area contributed by atoms with E-state index in [0.717, 1.165) is 11.3 Å². The number of aliphatic hydroxyl groups is 1. The molecule has 0 aromatic carbocycles. The van der Waals surface area contributed by atoms with E-state index < -0.39 is 0 Å². The molecule has 1 aromatic rings. The average Bonchev–Trinajstić information content (AvgIpc) is 2.51. The molecule has 0 spiro atoms. The Hall–Kier alpha value is -0.670. The van der Waals surface area contributed by atoms with E-state index in [-0.39, 0.29) is 6.61 Å². The van der Waals surface area contributed by atoms with Crippen molar-refractivity contribution < 1.29 is 5.11 Å². The van der Waals surface area contributed by atoms with Crippen LogP contribution in [0.15, 0.2) is 16.5 Å². The summed E-state index contributed by atoms with van der Waals surface area (Å²) in [7, 11) is 0. The first kappa shape index (κ1) is 9.42. The van der Waals surface area contributed by atoms with Gasteiger partial charge in [-0.15, -0.1) is 11.3 Å². The van der Waals surface area contributed by atoms with Gasteiger partial charge in [0.25, 0.3) is 0 Å². The van der Waals surface area contributed by atoms with Crippen LogP contribution in [0.1, 0.15) is 19.5 Å². The maximum atomic E-state index is 9.00. The van der Waals surface area contributed by atoms with Gasteiger partial charge in [-0.2, -0.15) is 0 Å². The van der Waals surface area contributed by atoms with Crippen LogP contribution < -0.4 is 0 Å². The van der Waals surface area contributed by atoms with Gasteiger partial charge in [0.2, 0.25) is 0 Å². The zero-order valence-corrected chi connectivity index (χ0v) is 8.14. The second-order valence-corrected chi connectivity index (χ2v) is 3.66. The van der Waals surface area contributed by atoms with E-state index in [1.807, 2.05) is 11.5 Å². The summed E-state index contributed by atoms with van der Waals surface area (Å²) in [5.41, 5.74) is 3.76. The van der Waals surface area contributed by atoms with E-state index in [2.05, 4.69) is 18.8 Å². The molecule has 0 amide bonds. The molecule has 1 N–H and O–H groups in total. The van der Waals surface area contributed by atoms with Crippen molar-refractivity contribution in [1.29, 1.82) is 0 Å². The Kier molecular flexibility index (Phi) is 3.44. The quantitative estimate of drug-likeness (QED) is 0.779. The SMILES string of the molecule is CC(C)C(=Cc1cscn1)CO. The summed E-state index contributed by atoms with van der Waals surface area (Å²) in [6.07, 6.45) is 1.95. The van der Waals surface area contributed by atoms with E-state index in [1.165, 1.54) is 0 Å². The molecule has 1 rings (SSSR count). The van der Waals surface area contributed by atoms with Gasteiger partial charge in [0, 0.05) is 5.38 Å². The molecule has 12 heavy (non-hydrogen) atoms. The number of nitrogens with zero attached hydrogens (tertiary/aromatic N) is 1. The molecule has 0 aliphatic heterocycles. The minimum Gasteiger partial charge on any atom is -0.392 e. The fraction of sp³-hybridized carbons (Fsp3) is 0.444. The van der Waals surface area contributed by atoms with Crippen molar-refractivity contribution in [2.75, 3.05) is 6.61 Å². The third kappa shape index (κ3) is 2.43. The van der Waals surface area contributed by atoms with E-state index in [0.29, 0.717) is 5.92 Å². The molecule has 66 valence electrons. The van der Waals surface area contributed by atoms with Gasteiger partial charge in [0.1, 0.15) is 0 Å². The summed E-state index contributed by atoms with van der Waals surface area (Å²) in [6, 6.07) is 0. The standard InChI is InChI=1S/C9H13NOS/c1-7(2)8(4-11)3-9-5-12-6-10-9/h3,5-7,11H,4H2,1-2H3. The van der Waals surface area contributed by atoms with Gasteiger partial charge in [0.15, 0.2) is 0 Å². The number of rotatable bonds is 3. The van der Waals surface area contributed by atoms with E-state index in [4.69, 9.17) is 5.11 Å². The maximum absolute atomic E-state index is 9.00. The zero-order chi connectivity index (χ0) is 8.97. The molecular weight excluding hydrogens is 170 g/mol. The van der Waals surface area contributed by atoms with Gasteiger partial charge in [-0.1, -0.05) is 13.8 Å². The highest BCUT2D eigenvalue weighted by Crippen LogP contribution is 2.13. The fourth-order valence-corrected chi connectivity index (χ4v) is 1.39. The van der Waals surface area contributed by atoms with Gasteiger partial charge in [-0.25, -0.2) is 4.98 Å². The highest BCUT2D eigenvalue weighted by Gasteiger charge is 2.01. The second kappa shape index (κ2) is 4.38. The predicted molar refractivity (Wildman–Crippen MR) is 52.0 cm³/mol. The molecule has 0 fully saturated rings. The normalized spacial score (nSPS) is 12.5. The van der Waals surface area contributed by atoms with Crippen molar-refractivity contribution >= 4 is 17.4 Å². The van der Waals surface area contributed by atoms with Gasteiger partial charge >= 0.3 is 0 Å². The molecule has 0 atom stereocenters. The first-order chi connectivity index (χ1) is 5.74. The van der Waals surface area contributed by atoms with E-state index in [9.17, 15) is 0 Å². The number of aliphatic hydroxyl groups excluding tert-OH is 1. The van der Waals surface area contributed by atoms with Crippen LogP contribution >= 0.6 is 11.3 Å². The Bertz CT molecular complexity index is 252. The molecule has 0 aliphatic rings. The summed E-state index contributed by atoms with van der Waals surface area (Å²) in [5.74, 6) is 0.386. The second-order valence-electron chi connectivity index (χ2n) is 2.95. The van der Waals surface area contributed by atoms with Crippen LogP contribution in [0.4, 0.5) is 0 Å². The highest BCUT2D eigenvalue weighted by molar-refractivity contribution is 7.07. The summed E-state index contributed by atoms with van der Waals surface area (Å²) in [6.45, 7) is 4.25. The molecule has 0 saturated heterocycles. The Morgan fingerprint density at radius 1 is 1.75 bits per heavy atom. The van der Waals surface area contributed by atoms with Gasteiger partial charge in [0.05, 0.1) is 17.8 Å². The van der Waals surface area contributed by atoms with Crippen LogP contribution in [0, 0.1) is 5.92 Å². The lowest BCUT2D eigenvalue weighted by Gasteiger charge is -2.06. The van der Waals surface area contributed by atoms with Crippen LogP contribution in [0.5, 0.6) is 0 Å². The van der Waals surface area contributed by atoms with Crippen molar-refractivity contribution in [1.82, 2.24) is 4.98 Å². The Balaban J connectivity index is 2.78. The van der Waals surface area contributed by atoms with E-state index in [1.54, 1.807) is 16.8 Å². The predicted octanol–water partition coefficient (Wildman–Crippen LogP) is 2.17. The zero-order valence-electron chi connectivity index (χ0n) is 7.32.